The zero-order chi connectivity index (χ0) is 14.4. The fraction of sp³-hybridized carbons (Fsp3) is 1.00. The largest absolute Gasteiger partial charge is 0.378 e. The van der Waals surface area contributed by atoms with E-state index < -0.39 is 9.84 Å². The molecule has 2 aliphatic rings. The van der Waals surface area contributed by atoms with Crippen LogP contribution in [0.25, 0.3) is 0 Å². The summed E-state index contributed by atoms with van der Waals surface area (Å²) in [5.41, 5.74) is 0. The molecule has 2 aliphatic heterocycles. The minimum absolute atomic E-state index is 0.360. The Balaban J connectivity index is 1.76. The van der Waals surface area contributed by atoms with Crippen LogP contribution >= 0.6 is 0 Å². The summed E-state index contributed by atoms with van der Waals surface area (Å²) in [4.78, 5) is 0. The van der Waals surface area contributed by atoms with Crippen molar-refractivity contribution in [2.75, 3.05) is 24.7 Å². The van der Waals surface area contributed by atoms with Crippen LogP contribution in [-0.4, -0.2) is 45.2 Å². The molecule has 0 bridgehead atoms. The third-order valence-corrected chi connectivity index (χ3v) is 6.33. The van der Waals surface area contributed by atoms with Gasteiger partial charge in [0.1, 0.15) is 0 Å². The van der Waals surface area contributed by atoms with E-state index in [-0.39, 0.29) is 0 Å². The number of nitrogens with one attached hydrogen (secondary N) is 1. The van der Waals surface area contributed by atoms with Gasteiger partial charge in [-0.2, -0.15) is 0 Å². The van der Waals surface area contributed by atoms with Crippen LogP contribution in [-0.2, 0) is 14.6 Å². The maximum absolute atomic E-state index is 11.6. The molecule has 5 heteroatoms. The predicted octanol–water partition coefficient (Wildman–Crippen LogP) is 2.14. The summed E-state index contributed by atoms with van der Waals surface area (Å²) in [6.45, 7) is 4.11. The van der Waals surface area contributed by atoms with Gasteiger partial charge in [0.15, 0.2) is 9.84 Å². The second-order valence-electron chi connectivity index (χ2n) is 6.37. The van der Waals surface area contributed by atoms with Gasteiger partial charge >= 0.3 is 0 Å². The Hall–Kier alpha value is -0.130. The van der Waals surface area contributed by atoms with Crippen LogP contribution in [0, 0.1) is 5.92 Å². The Bertz CT molecular complexity index is 377. The second kappa shape index (κ2) is 7.76. The van der Waals surface area contributed by atoms with E-state index in [9.17, 15) is 8.42 Å². The van der Waals surface area contributed by atoms with Crippen LogP contribution in [0.5, 0.6) is 0 Å². The maximum Gasteiger partial charge on any atom is 0.150 e. The zero-order valence-corrected chi connectivity index (χ0v) is 13.5. The number of sulfone groups is 1. The first kappa shape index (κ1) is 16.2. The van der Waals surface area contributed by atoms with Crippen LogP contribution in [0.1, 0.15) is 51.9 Å². The van der Waals surface area contributed by atoms with Crippen LogP contribution in [0.4, 0.5) is 0 Å². The van der Waals surface area contributed by atoms with E-state index >= 15 is 0 Å². The summed E-state index contributed by atoms with van der Waals surface area (Å²) in [5.74, 6) is 1.15. The molecule has 0 aliphatic carbocycles. The lowest BCUT2D eigenvalue weighted by Gasteiger charge is -2.22. The highest BCUT2D eigenvalue weighted by Crippen LogP contribution is 2.25. The van der Waals surface area contributed by atoms with E-state index in [1.807, 2.05) is 0 Å². The summed E-state index contributed by atoms with van der Waals surface area (Å²) >= 11 is 0. The Labute approximate surface area is 123 Å². The lowest BCUT2D eigenvalue weighted by atomic mass is 9.95. The third-order valence-electron chi connectivity index (χ3n) is 4.49. The molecule has 2 fully saturated rings. The Morgan fingerprint density at radius 3 is 2.80 bits per heavy atom. The van der Waals surface area contributed by atoms with Gasteiger partial charge in [-0.05, 0) is 57.4 Å². The molecule has 2 saturated heterocycles. The topological polar surface area (TPSA) is 55.4 Å². The Morgan fingerprint density at radius 2 is 2.20 bits per heavy atom. The molecule has 0 amide bonds. The van der Waals surface area contributed by atoms with Gasteiger partial charge in [-0.25, -0.2) is 8.42 Å². The smallest absolute Gasteiger partial charge is 0.150 e. The summed E-state index contributed by atoms with van der Waals surface area (Å²) < 4.78 is 28.8. The monoisotopic (exact) mass is 303 g/mol. The summed E-state index contributed by atoms with van der Waals surface area (Å²) in [6, 6.07) is 0.456. The summed E-state index contributed by atoms with van der Waals surface area (Å²) in [5, 5.41) is 3.60. The van der Waals surface area contributed by atoms with Gasteiger partial charge in [0, 0.05) is 12.6 Å². The number of hydrogen-bond donors (Lipinski definition) is 1. The quantitative estimate of drug-likeness (QED) is 0.746. The molecule has 2 rings (SSSR count). The molecule has 0 aromatic carbocycles. The van der Waals surface area contributed by atoms with Crippen molar-refractivity contribution in [1.29, 1.82) is 0 Å². The second-order valence-corrected chi connectivity index (χ2v) is 8.60. The molecule has 3 unspecified atom stereocenters. The standard InChI is InChI=1S/C15H29NO3S/c1-2-8-16-14(5-6-15-4-3-9-19-15)11-13-7-10-20(17,18)12-13/h13-16H,2-12H2,1H3. The van der Waals surface area contributed by atoms with Crippen molar-refractivity contribution in [3.8, 4) is 0 Å². The number of hydrogen-bond acceptors (Lipinski definition) is 4. The first-order valence-electron chi connectivity index (χ1n) is 8.14. The molecule has 3 atom stereocenters. The Kier molecular flexibility index (Phi) is 6.30. The van der Waals surface area contributed by atoms with Crippen molar-refractivity contribution < 1.29 is 13.2 Å². The molecule has 0 spiro atoms. The van der Waals surface area contributed by atoms with Gasteiger partial charge in [-0.1, -0.05) is 6.92 Å². The van der Waals surface area contributed by atoms with Crippen LogP contribution in [0.3, 0.4) is 0 Å². The Morgan fingerprint density at radius 1 is 1.35 bits per heavy atom. The summed E-state index contributed by atoms with van der Waals surface area (Å²) in [6.07, 6.45) is 8.03. The molecule has 4 nitrogen and oxygen atoms in total. The molecule has 20 heavy (non-hydrogen) atoms. The van der Waals surface area contributed by atoms with Gasteiger partial charge in [0.05, 0.1) is 17.6 Å². The van der Waals surface area contributed by atoms with Crippen molar-refractivity contribution in [2.24, 2.45) is 5.92 Å². The highest BCUT2D eigenvalue weighted by molar-refractivity contribution is 7.91. The lowest BCUT2D eigenvalue weighted by molar-refractivity contribution is 0.0987. The van der Waals surface area contributed by atoms with E-state index in [2.05, 4.69) is 12.2 Å². The van der Waals surface area contributed by atoms with Crippen LogP contribution in [0.2, 0.25) is 0 Å². The minimum atomic E-state index is -2.74. The molecule has 0 aromatic rings. The van der Waals surface area contributed by atoms with Crippen molar-refractivity contribution in [1.82, 2.24) is 5.32 Å². The highest BCUT2D eigenvalue weighted by atomic mass is 32.2. The van der Waals surface area contributed by atoms with Crippen molar-refractivity contribution in [3.63, 3.8) is 0 Å². The zero-order valence-electron chi connectivity index (χ0n) is 12.6. The maximum atomic E-state index is 11.6. The summed E-state index contributed by atoms with van der Waals surface area (Å²) in [7, 11) is -2.74. The minimum Gasteiger partial charge on any atom is -0.378 e. The molecule has 0 radical (unpaired) electrons. The average molecular weight is 303 g/mol. The van der Waals surface area contributed by atoms with E-state index in [0.717, 1.165) is 45.3 Å². The molecule has 1 N–H and O–H groups in total. The third kappa shape index (κ3) is 5.34. The lowest BCUT2D eigenvalue weighted by Crippen LogP contribution is -2.33. The molecule has 0 aromatic heterocycles. The van der Waals surface area contributed by atoms with E-state index in [1.165, 1.54) is 12.8 Å². The van der Waals surface area contributed by atoms with E-state index in [1.54, 1.807) is 0 Å². The van der Waals surface area contributed by atoms with Gasteiger partial charge in [-0.15, -0.1) is 0 Å². The van der Waals surface area contributed by atoms with Crippen LogP contribution in [0.15, 0.2) is 0 Å². The van der Waals surface area contributed by atoms with E-state index in [0.29, 0.717) is 29.6 Å². The first-order chi connectivity index (χ1) is 9.59. The van der Waals surface area contributed by atoms with Crippen molar-refractivity contribution >= 4 is 9.84 Å². The van der Waals surface area contributed by atoms with E-state index in [4.69, 9.17) is 4.74 Å². The molecule has 0 saturated carbocycles. The van der Waals surface area contributed by atoms with Crippen molar-refractivity contribution in [3.05, 3.63) is 0 Å². The van der Waals surface area contributed by atoms with Gasteiger partial charge in [0.25, 0.3) is 0 Å². The average Bonchev–Trinajstić information content (AvgIpc) is 3.02. The number of ether oxygens (including phenoxy) is 1. The SMILES string of the molecule is CCCNC(CCC1CCCO1)CC1CCS(=O)(=O)C1. The van der Waals surface area contributed by atoms with Gasteiger partial charge < -0.3 is 10.1 Å². The fourth-order valence-electron chi connectivity index (χ4n) is 3.37. The molecule has 118 valence electrons. The fourth-order valence-corrected chi connectivity index (χ4v) is 5.25. The van der Waals surface area contributed by atoms with Crippen LogP contribution < -0.4 is 5.32 Å². The first-order valence-corrected chi connectivity index (χ1v) is 9.96. The predicted molar refractivity (Wildman–Crippen MR) is 81.7 cm³/mol. The van der Waals surface area contributed by atoms with Gasteiger partial charge in [0.2, 0.25) is 0 Å². The van der Waals surface area contributed by atoms with Gasteiger partial charge in [-0.3, -0.25) is 0 Å². The number of rotatable bonds is 8. The highest BCUT2D eigenvalue weighted by Gasteiger charge is 2.30. The normalized spacial score (nSPS) is 30.6. The molecule has 2 heterocycles. The molecular weight excluding hydrogens is 274 g/mol. The van der Waals surface area contributed by atoms with Crippen molar-refractivity contribution in [2.45, 2.75) is 64.0 Å². The molecular formula is C15H29NO3S.